The molecule has 17 heavy (non-hydrogen) atoms. The van der Waals surface area contributed by atoms with E-state index in [-0.39, 0.29) is 0 Å². The Bertz CT molecular complexity index is 465. The molecule has 0 radical (unpaired) electrons. The van der Waals surface area contributed by atoms with Gasteiger partial charge in [-0.25, -0.2) is 4.98 Å². The van der Waals surface area contributed by atoms with Crippen LogP contribution in [0.5, 0.6) is 0 Å². The molecule has 92 valence electrons. The van der Waals surface area contributed by atoms with Crippen molar-refractivity contribution in [1.29, 1.82) is 0 Å². The number of nitrogens with one attached hydrogen (secondary N) is 1. The van der Waals surface area contributed by atoms with Gasteiger partial charge in [-0.15, -0.1) is 11.3 Å². The minimum atomic E-state index is 0.661. The smallest absolute Gasteiger partial charge is 0.226 e. The molecule has 5 nitrogen and oxygen atoms in total. The first-order chi connectivity index (χ1) is 8.28. The highest BCUT2D eigenvalue weighted by atomic mass is 32.1. The molecule has 6 heteroatoms. The lowest BCUT2D eigenvalue weighted by Gasteiger charge is -1.93. The number of nitrogens with zero attached hydrogens (tertiary/aromatic N) is 3. The molecule has 0 amide bonds. The fraction of sp³-hybridized carbons (Fsp3) is 0.545. The molecule has 0 atom stereocenters. The van der Waals surface area contributed by atoms with Crippen LogP contribution in [0.4, 0.5) is 0 Å². The zero-order chi connectivity index (χ0) is 12.1. The molecule has 0 aliphatic carbocycles. The topological polar surface area (TPSA) is 63.8 Å². The van der Waals surface area contributed by atoms with Crippen molar-refractivity contribution in [2.75, 3.05) is 13.6 Å². The third-order valence-electron chi connectivity index (χ3n) is 2.30. The van der Waals surface area contributed by atoms with Crippen molar-refractivity contribution < 1.29 is 4.52 Å². The lowest BCUT2D eigenvalue weighted by molar-refractivity contribution is 0.370. The molecular weight excluding hydrogens is 236 g/mol. The average Bonchev–Trinajstić information content (AvgIpc) is 2.90. The molecule has 0 aliphatic heterocycles. The van der Waals surface area contributed by atoms with Gasteiger partial charge in [-0.1, -0.05) is 5.16 Å². The highest BCUT2D eigenvalue weighted by Gasteiger charge is 2.08. The predicted octanol–water partition coefficient (Wildman–Crippen LogP) is 1.58. The van der Waals surface area contributed by atoms with Crippen LogP contribution >= 0.6 is 11.3 Å². The van der Waals surface area contributed by atoms with Crippen molar-refractivity contribution >= 4 is 11.3 Å². The van der Waals surface area contributed by atoms with Gasteiger partial charge in [0.2, 0.25) is 5.89 Å². The van der Waals surface area contributed by atoms with Crippen LogP contribution in [-0.2, 0) is 12.8 Å². The van der Waals surface area contributed by atoms with E-state index in [1.165, 1.54) is 0 Å². The van der Waals surface area contributed by atoms with Crippen LogP contribution < -0.4 is 5.32 Å². The lowest BCUT2D eigenvalue weighted by Crippen LogP contribution is -2.08. The summed E-state index contributed by atoms with van der Waals surface area (Å²) in [6.45, 7) is 2.95. The maximum Gasteiger partial charge on any atom is 0.226 e. The number of rotatable bonds is 6. The summed E-state index contributed by atoms with van der Waals surface area (Å²) < 4.78 is 5.18. The summed E-state index contributed by atoms with van der Waals surface area (Å²) >= 11 is 1.63. The second-order valence-electron chi connectivity index (χ2n) is 3.87. The van der Waals surface area contributed by atoms with Crippen molar-refractivity contribution in [3.63, 3.8) is 0 Å². The van der Waals surface area contributed by atoms with Crippen LogP contribution in [0.2, 0.25) is 0 Å². The molecule has 0 spiro atoms. The molecule has 0 aromatic carbocycles. The summed E-state index contributed by atoms with van der Waals surface area (Å²) in [4.78, 5) is 8.73. The summed E-state index contributed by atoms with van der Waals surface area (Å²) in [5.41, 5.74) is 1.04. The van der Waals surface area contributed by atoms with E-state index in [9.17, 15) is 0 Å². The lowest BCUT2D eigenvalue weighted by atomic mass is 10.3. The van der Waals surface area contributed by atoms with Crippen LogP contribution in [0.25, 0.3) is 0 Å². The molecule has 2 heterocycles. The van der Waals surface area contributed by atoms with Gasteiger partial charge in [-0.3, -0.25) is 0 Å². The van der Waals surface area contributed by atoms with Crippen LogP contribution in [-0.4, -0.2) is 28.7 Å². The van der Waals surface area contributed by atoms with Crippen molar-refractivity contribution in [2.45, 2.75) is 26.2 Å². The number of hydrogen-bond donors (Lipinski definition) is 1. The Balaban J connectivity index is 1.89. The van der Waals surface area contributed by atoms with Crippen LogP contribution in [0, 0.1) is 6.92 Å². The van der Waals surface area contributed by atoms with E-state index in [0.717, 1.165) is 35.9 Å². The number of thiazole rings is 1. The summed E-state index contributed by atoms with van der Waals surface area (Å²) in [5.74, 6) is 1.43. The van der Waals surface area contributed by atoms with Crippen molar-refractivity contribution in [3.05, 3.63) is 27.8 Å². The molecule has 0 saturated heterocycles. The quantitative estimate of drug-likeness (QED) is 0.791. The molecule has 2 aromatic rings. The largest absolute Gasteiger partial charge is 0.339 e. The number of aromatic nitrogens is 3. The van der Waals surface area contributed by atoms with E-state index in [1.54, 1.807) is 11.3 Å². The Morgan fingerprint density at radius 1 is 1.41 bits per heavy atom. The Morgan fingerprint density at radius 3 is 3.00 bits per heavy atom. The van der Waals surface area contributed by atoms with Gasteiger partial charge >= 0.3 is 0 Å². The van der Waals surface area contributed by atoms with E-state index >= 15 is 0 Å². The first-order valence-electron chi connectivity index (χ1n) is 5.65. The second-order valence-corrected chi connectivity index (χ2v) is 4.81. The predicted molar refractivity (Wildman–Crippen MR) is 66.2 cm³/mol. The van der Waals surface area contributed by atoms with E-state index in [1.807, 2.05) is 19.4 Å². The summed E-state index contributed by atoms with van der Waals surface area (Å²) in [6, 6.07) is 0. The highest BCUT2D eigenvalue weighted by Crippen LogP contribution is 2.12. The Kier molecular flexibility index (Phi) is 4.22. The first kappa shape index (κ1) is 12.2. The maximum atomic E-state index is 5.18. The molecule has 0 unspecified atom stereocenters. The fourth-order valence-electron chi connectivity index (χ4n) is 1.50. The molecule has 0 bridgehead atoms. The van der Waals surface area contributed by atoms with Gasteiger partial charge in [0.1, 0.15) is 5.01 Å². The van der Waals surface area contributed by atoms with Crippen LogP contribution in [0.3, 0.4) is 0 Å². The third kappa shape index (κ3) is 3.61. The van der Waals surface area contributed by atoms with Crippen LogP contribution in [0.15, 0.2) is 9.90 Å². The zero-order valence-electron chi connectivity index (χ0n) is 10.1. The highest BCUT2D eigenvalue weighted by molar-refractivity contribution is 7.09. The monoisotopic (exact) mass is 252 g/mol. The van der Waals surface area contributed by atoms with Crippen LogP contribution in [0.1, 0.15) is 28.8 Å². The zero-order valence-corrected chi connectivity index (χ0v) is 10.9. The van der Waals surface area contributed by atoms with Gasteiger partial charge in [0.05, 0.1) is 6.42 Å². The van der Waals surface area contributed by atoms with E-state index in [4.69, 9.17) is 4.52 Å². The minimum absolute atomic E-state index is 0.661. The van der Waals surface area contributed by atoms with Crippen molar-refractivity contribution in [3.8, 4) is 0 Å². The minimum Gasteiger partial charge on any atom is -0.339 e. The van der Waals surface area contributed by atoms with Gasteiger partial charge < -0.3 is 9.84 Å². The SMILES string of the molecule is CNCCCc1nc(Cc2nc(C)cs2)no1. The summed E-state index contributed by atoms with van der Waals surface area (Å²) in [7, 11) is 1.93. The molecule has 0 fully saturated rings. The number of hydrogen-bond acceptors (Lipinski definition) is 6. The molecular formula is C11H16N4OS. The average molecular weight is 252 g/mol. The molecule has 1 N–H and O–H groups in total. The third-order valence-corrected chi connectivity index (χ3v) is 3.27. The van der Waals surface area contributed by atoms with Crippen molar-refractivity contribution in [2.24, 2.45) is 0 Å². The molecule has 2 rings (SSSR count). The first-order valence-corrected chi connectivity index (χ1v) is 6.53. The standard InChI is InChI=1S/C11H16N4OS/c1-8-7-17-11(13-8)6-9-14-10(16-15-9)4-3-5-12-2/h7,12H,3-6H2,1-2H3. The fourth-order valence-corrected chi connectivity index (χ4v) is 2.27. The maximum absolute atomic E-state index is 5.18. The Morgan fingerprint density at radius 2 is 2.29 bits per heavy atom. The van der Waals surface area contributed by atoms with Gasteiger partial charge in [-0.2, -0.15) is 4.98 Å². The van der Waals surface area contributed by atoms with E-state index in [0.29, 0.717) is 12.3 Å². The van der Waals surface area contributed by atoms with Gasteiger partial charge in [0.25, 0.3) is 0 Å². The van der Waals surface area contributed by atoms with E-state index < -0.39 is 0 Å². The van der Waals surface area contributed by atoms with E-state index in [2.05, 4.69) is 20.4 Å². The molecule has 2 aromatic heterocycles. The number of aryl methyl sites for hydroxylation is 2. The summed E-state index contributed by atoms with van der Waals surface area (Å²) in [5, 5.41) is 10.1. The van der Waals surface area contributed by atoms with Gasteiger partial charge in [0, 0.05) is 17.5 Å². The molecule has 0 saturated carbocycles. The second kappa shape index (κ2) is 5.88. The Labute approximate surface area is 104 Å². The van der Waals surface area contributed by atoms with Gasteiger partial charge in [0.15, 0.2) is 5.82 Å². The van der Waals surface area contributed by atoms with Crippen molar-refractivity contribution in [1.82, 2.24) is 20.4 Å². The van der Waals surface area contributed by atoms with Gasteiger partial charge in [-0.05, 0) is 26.9 Å². The summed E-state index contributed by atoms with van der Waals surface area (Å²) in [6.07, 6.45) is 2.49. The molecule has 0 aliphatic rings. The Hall–Kier alpha value is -1.27. The normalized spacial score (nSPS) is 10.9.